The zero-order valence-electron chi connectivity index (χ0n) is 16.6. The standard InChI is InChI=1S/C23H29N3O2/c1-17(19-9-5-3-6-10-19)24-22(27)18(2)26-15-13-21(14-16-26)25-23(28)20-11-7-4-8-12-20/h3-12,17-18,21H,13-16H2,1-2H3,(H,24,27)(H,25,28)/t17-,18+/m0/s1. The van der Waals surface area contributed by atoms with Gasteiger partial charge in [-0.15, -0.1) is 0 Å². The number of hydrogen-bond donors (Lipinski definition) is 2. The first-order valence-electron chi connectivity index (χ1n) is 10.00. The molecule has 0 aromatic heterocycles. The first kappa shape index (κ1) is 20.1. The summed E-state index contributed by atoms with van der Waals surface area (Å²) in [5.41, 5.74) is 1.79. The fraction of sp³-hybridized carbons (Fsp3) is 0.391. The number of likely N-dealkylation sites (tertiary alicyclic amines) is 1. The van der Waals surface area contributed by atoms with E-state index in [0.717, 1.165) is 31.5 Å². The van der Waals surface area contributed by atoms with Crippen LogP contribution in [-0.2, 0) is 4.79 Å². The smallest absolute Gasteiger partial charge is 0.251 e. The Morgan fingerprint density at radius 1 is 0.929 bits per heavy atom. The highest BCUT2D eigenvalue weighted by molar-refractivity contribution is 5.94. The molecule has 5 nitrogen and oxygen atoms in total. The number of rotatable bonds is 6. The predicted octanol–water partition coefficient (Wildman–Crippen LogP) is 3.15. The molecule has 1 heterocycles. The summed E-state index contributed by atoms with van der Waals surface area (Å²) in [6, 6.07) is 19.2. The third-order valence-electron chi connectivity index (χ3n) is 5.49. The van der Waals surface area contributed by atoms with Crippen molar-refractivity contribution >= 4 is 11.8 Å². The van der Waals surface area contributed by atoms with Crippen molar-refractivity contribution in [1.82, 2.24) is 15.5 Å². The summed E-state index contributed by atoms with van der Waals surface area (Å²) >= 11 is 0. The van der Waals surface area contributed by atoms with E-state index in [1.165, 1.54) is 0 Å². The van der Waals surface area contributed by atoms with E-state index in [-0.39, 0.29) is 29.9 Å². The quantitative estimate of drug-likeness (QED) is 0.811. The first-order chi connectivity index (χ1) is 13.5. The number of amides is 2. The maximum absolute atomic E-state index is 12.6. The third-order valence-corrected chi connectivity index (χ3v) is 5.49. The number of nitrogens with zero attached hydrogens (tertiary/aromatic N) is 1. The lowest BCUT2D eigenvalue weighted by molar-refractivity contribution is -0.127. The highest BCUT2D eigenvalue weighted by Gasteiger charge is 2.28. The molecule has 0 unspecified atom stereocenters. The molecule has 5 heteroatoms. The number of nitrogens with one attached hydrogen (secondary N) is 2. The third kappa shape index (κ3) is 5.20. The predicted molar refractivity (Wildman–Crippen MR) is 111 cm³/mol. The Morgan fingerprint density at radius 3 is 2.11 bits per heavy atom. The van der Waals surface area contributed by atoms with Gasteiger partial charge < -0.3 is 10.6 Å². The molecular weight excluding hydrogens is 350 g/mol. The molecule has 2 N–H and O–H groups in total. The maximum atomic E-state index is 12.6. The lowest BCUT2D eigenvalue weighted by Gasteiger charge is -2.36. The SMILES string of the molecule is C[C@H](NC(=O)[C@@H](C)N1CCC(NC(=O)c2ccccc2)CC1)c1ccccc1. The van der Waals surface area contributed by atoms with Crippen molar-refractivity contribution in [3.05, 3.63) is 71.8 Å². The molecule has 2 aromatic carbocycles. The Morgan fingerprint density at radius 2 is 1.50 bits per heavy atom. The van der Waals surface area contributed by atoms with Crippen LogP contribution in [0.3, 0.4) is 0 Å². The molecule has 0 spiro atoms. The van der Waals surface area contributed by atoms with Gasteiger partial charge in [-0.1, -0.05) is 48.5 Å². The normalized spacial score (nSPS) is 17.5. The van der Waals surface area contributed by atoms with Crippen molar-refractivity contribution in [2.45, 2.75) is 44.8 Å². The van der Waals surface area contributed by atoms with Crippen molar-refractivity contribution in [1.29, 1.82) is 0 Å². The van der Waals surface area contributed by atoms with Crippen LogP contribution in [0.4, 0.5) is 0 Å². The van der Waals surface area contributed by atoms with Gasteiger partial charge in [0.05, 0.1) is 12.1 Å². The molecule has 0 saturated carbocycles. The number of piperidine rings is 1. The second kappa shape index (κ2) is 9.51. The van der Waals surface area contributed by atoms with E-state index in [4.69, 9.17) is 0 Å². The minimum absolute atomic E-state index is 0.0150. The van der Waals surface area contributed by atoms with Crippen LogP contribution in [0, 0.1) is 0 Å². The summed E-state index contributed by atoms with van der Waals surface area (Å²) < 4.78 is 0. The Bertz CT molecular complexity index is 771. The van der Waals surface area contributed by atoms with Crippen molar-refractivity contribution in [3.8, 4) is 0 Å². The Hall–Kier alpha value is -2.66. The second-order valence-electron chi connectivity index (χ2n) is 7.47. The van der Waals surface area contributed by atoms with Crippen LogP contribution < -0.4 is 10.6 Å². The fourth-order valence-electron chi connectivity index (χ4n) is 3.61. The zero-order valence-corrected chi connectivity index (χ0v) is 16.6. The van der Waals surface area contributed by atoms with Crippen molar-refractivity contribution < 1.29 is 9.59 Å². The van der Waals surface area contributed by atoms with Gasteiger partial charge in [0.25, 0.3) is 5.91 Å². The van der Waals surface area contributed by atoms with Crippen molar-refractivity contribution in [3.63, 3.8) is 0 Å². The van der Waals surface area contributed by atoms with E-state index in [2.05, 4.69) is 15.5 Å². The molecule has 2 aromatic rings. The number of hydrogen-bond acceptors (Lipinski definition) is 3. The summed E-state index contributed by atoms with van der Waals surface area (Å²) in [4.78, 5) is 27.1. The maximum Gasteiger partial charge on any atom is 0.251 e. The van der Waals surface area contributed by atoms with Crippen LogP contribution in [0.5, 0.6) is 0 Å². The van der Waals surface area contributed by atoms with Crippen LogP contribution in [-0.4, -0.2) is 41.9 Å². The Kier molecular flexibility index (Phi) is 6.82. The average Bonchev–Trinajstić information content (AvgIpc) is 2.75. The minimum Gasteiger partial charge on any atom is -0.349 e. The van der Waals surface area contributed by atoms with E-state index in [0.29, 0.717) is 5.56 Å². The number of carbonyl (C=O) groups is 2. The van der Waals surface area contributed by atoms with Gasteiger partial charge in [0.2, 0.25) is 5.91 Å². The largest absolute Gasteiger partial charge is 0.349 e. The fourth-order valence-corrected chi connectivity index (χ4v) is 3.61. The van der Waals surface area contributed by atoms with Crippen LogP contribution in [0.1, 0.15) is 48.7 Å². The molecule has 3 rings (SSSR count). The summed E-state index contributed by atoms with van der Waals surface area (Å²) in [7, 11) is 0. The van der Waals surface area contributed by atoms with Gasteiger partial charge in [-0.05, 0) is 44.4 Å². The lowest BCUT2D eigenvalue weighted by Crippen LogP contribution is -2.51. The highest BCUT2D eigenvalue weighted by atomic mass is 16.2. The lowest BCUT2D eigenvalue weighted by atomic mass is 10.0. The van der Waals surface area contributed by atoms with Crippen LogP contribution in [0.15, 0.2) is 60.7 Å². The topological polar surface area (TPSA) is 61.4 Å². The molecule has 0 bridgehead atoms. The van der Waals surface area contributed by atoms with Gasteiger partial charge in [0, 0.05) is 24.7 Å². The summed E-state index contributed by atoms with van der Waals surface area (Å²) in [6.45, 7) is 5.56. The molecule has 28 heavy (non-hydrogen) atoms. The Balaban J connectivity index is 1.46. The van der Waals surface area contributed by atoms with Crippen molar-refractivity contribution in [2.24, 2.45) is 0 Å². The molecule has 1 fully saturated rings. The molecule has 1 aliphatic rings. The van der Waals surface area contributed by atoms with Crippen molar-refractivity contribution in [2.75, 3.05) is 13.1 Å². The molecule has 1 saturated heterocycles. The van der Waals surface area contributed by atoms with Gasteiger partial charge in [-0.2, -0.15) is 0 Å². The molecule has 148 valence electrons. The van der Waals surface area contributed by atoms with Crippen LogP contribution >= 0.6 is 0 Å². The van der Waals surface area contributed by atoms with Gasteiger partial charge in [-0.3, -0.25) is 14.5 Å². The van der Waals surface area contributed by atoms with Crippen LogP contribution in [0.25, 0.3) is 0 Å². The summed E-state index contributed by atoms with van der Waals surface area (Å²) in [5.74, 6) is 0.0182. The molecule has 0 aliphatic carbocycles. The molecule has 2 amide bonds. The number of benzene rings is 2. The molecular formula is C23H29N3O2. The summed E-state index contributed by atoms with van der Waals surface area (Å²) in [5, 5.41) is 6.22. The monoisotopic (exact) mass is 379 g/mol. The second-order valence-corrected chi connectivity index (χ2v) is 7.47. The van der Waals surface area contributed by atoms with Gasteiger partial charge >= 0.3 is 0 Å². The van der Waals surface area contributed by atoms with E-state index in [1.807, 2.05) is 74.5 Å². The zero-order chi connectivity index (χ0) is 19.9. The van der Waals surface area contributed by atoms with Gasteiger partial charge in [-0.25, -0.2) is 0 Å². The van der Waals surface area contributed by atoms with E-state index in [9.17, 15) is 9.59 Å². The number of carbonyl (C=O) groups excluding carboxylic acids is 2. The minimum atomic E-state index is -0.183. The average molecular weight is 380 g/mol. The highest BCUT2D eigenvalue weighted by Crippen LogP contribution is 2.16. The molecule has 2 atom stereocenters. The Labute approximate surface area is 167 Å². The molecule has 0 radical (unpaired) electrons. The van der Waals surface area contributed by atoms with Crippen LogP contribution in [0.2, 0.25) is 0 Å². The van der Waals surface area contributed by atoms with E-state index < -0.39 is 0 Å². The van der Waals surface area contributed by atoms with Gasteiger partial charge in [0.15, 0.2) is 0 Å². The van der Waals surface area contributed by atoms with E-state index >= 15 is 0 Å². The summed E-state index contributed by atoms with van der Waals surface area (Å²) in [6.07, 6.45) is 1.70. The molecule has 1 aliphatic heterocycles. The van der Waals surface area contributed by atoms with E-state index in [1.54, 1.807) is 0 Å². The first-order valence-corrected chi connectivity index (χ1v) is 10.00. The van der Waals surface area contributed by atoms with Gasteiger partial charge in [0.1, 0.15) is 0 Å².